The van der Waals surface area contributed by atoms with Crippen molar-refractivity contribution in [3.05, 3.63) is 53.6 Å². The van der Waals surface area contributed by atoms with Crippen molar-refractivity contribution in [1.29, 1.82) is 0 Å². The molecule has 1 aromatic carbocycles. The predicted molar refractivity (Wildman–Crippen MR) is 99.9 cm³/mol. The van der Waals surface area contributed by atoms with Gasteiger partial charge >= 0.3 is 0 Å². The average molecular weight is 338 g/mol. The number of nitrogens with zero attached hydrogens (tertiary/aromatic N) is 3. The van der Waals surface area contributed by atoms with Gasteiger partial charge in [-0.3, -0.25) is 4.79 Å². The number of para-hydroxylation sites is 1. The highest BCUT2D eigenvalue weighted by atomic mass is 16.1. The number of carbonyl (C=O) groups is 1. The van der Waals surface area contributed by atoms with Gasteiger partial charge in [0.1, 0.15) is 6.33 Å². The number of aromatic nitrogens is 2. The molecule has 1 N–H and O–H groups in total. The number of anilines is 1. The maximum absolute atomic E-state index is 12.5. The Hall–Kier alpha value is -2.43. The van der Waals surface area contributed by atoms with E-state index in [1.54, 1.807) is 6.20 Å². The highest BCUT2D eigenvalue weighted by Crippen LogP contribution is 2.26. The summed E-state index contributed by atoms with van der Waals surface area (Å²) in [6, 6.07) is 8.48. The molecule has 5 nitrogen and oxygen atoms in total. The summed E-state index contributed by atoms with van der Waals surface area (Å²) >= 11 is 0. The van der Waals surface area contributed by atoms with E-state index in [1.807, 2.05) is 0 Å². The van der Waals surface area contributed by atoms with E-state index >= 15 is 0 Å². The summed E-state index contributed by atoms with van der Waals surface area (Å²) in [5, 5.41) is 3.08. The molecule has 0 radical (unpaired) electrons. The molecule has 25 heavy (non-hydrogen) atoms. The fraction of sp³-hybridized carbons (Fsp3) is 0.450. The molecule has 1 unspecified atom stereocenters. The van der Waals surface area contributed by atoms with Gasteiger partial charge in [-0.1, -0.05) is 31.5 Å². The van der Waals surface area contributed by atoms with E-state index < -0.39 is 0 Å². The van der Waals surface area contributed by atoms with E-state index in [0.29, 0.717) is 18.0 Å². The minimum atomic E-state index is -0.0570. The third kappa shape index (κ3) is 4.16. The van der Waals surface area contributed by atoms with Crippen molar-refractivity contribution in [3.8, 4) is 0 Å². The molecule has 1 aliphatic rings. The zero-order valence-corrected chi connectivity index (χ0v) is 15.0. The van der Waals surface area contributed by atoms with Crippen molar-refractivity contribution >= 4 is 11.6 Å². The van der Waals surface area contributed by atoms with E-state index in [2.05, 4.69) is 58.3 Å². The van der Waals surface area contributed by atoms with Gasteiger partial charge in [0, 0.05) is 31.5 Å². The summed E-state index contributed by atoms with van der Waals surface area (Å²) in [4.78, 5) is 23.2. The summed E-state index contributed by atoms with van der Waals surface area (Å²) in [6.45, 7) is 6.96. The van der Waals surface area contributed by atoms with Crippen LogP contribution >= 0.6 is 0 Å². The van der Waals surface area contributed by atoms with Gasteiger partial charge in [-0.15, -0.1) is 0 Å². The number of hydrogen-bond donors (Lipinski definition) is 1. The Morgan fingerprint density at radius 3 is 3.00 bits per heavy atom. The quantitative estimate of drug-likeness (QED) is 0.880. The number of hydrogen-bond acceptors (Lipinski definition) is 4. The third-order valence-corrected chi connectivity index (χ3v) is 4.82. The average Bonchev–Trinajstić information content (AvgIpc) is 3.09. The summed E-state index contributed by atoms with van der Waals surface area (Å²) in [6.07, 6.45) is 6.00. The van der Waals surface area contributed by atoms with Crippen molar-refractivity contribution in [2.45, 2.75) is 33.1 Å². The van der Waals surface area contributed by atoms with Crippen LogP contribution in [0.5, 0.6) is 0 Å². The van der Waals surface area contributed by atoms with Crippen LogP contribution in [-0.4, -0.2) is 35.5 Å². The Labute approximate surface area is 149 Å². The van der Waals surface area contributed by atoms with Crippen LogP contribution in [0.1, 0.15) is 41.4 Å². The minimum Gasteiger partial charge on any atom is -0.371 e. The molecule has 0 bridgehead atoms. The fourth-order valence-corrected chi connectivity index (χ4v) is 3.45. The Morgan fingerprint density at radius 2 is 2.20 bits per heavy atom. The van der Waals surface area contributed by atoms with E-state index in [-0.39, 0.29) is 5.91 Å². The summed E-state index contributed by atoms with van der Waals surface area (Å²) in [7, 11) is 0. The van der Waals surface area contributed by atoms with Crippen LogP contribution < -0.4 is 10.2 Å². The van der Waals surface area contributed by atoms with Crippen molar-refractivity contribution < 1.29 is 4.79 Å². The highest BCUT2D eigenvalue weighted by Gasteiger charge is 2.24. The fourth-order valence-electron chi connectivity index (χ4n) is 3.45. The molecule has 1 amide bonds. The monoisotopic (exact) mass is 338 g/mol. The molecule has 1 fully saturated rings. The van der Waals surface area contributed by atoms with Crippen LogP contribution in [0.15, 0.2) is 36.8 Å². The highest BCUT2D eigenvalue weighted by molar-refractivity contribution is 5.94. The van der Waals surface area contributed by atoms with Crippen molar-refractivity contribution in [2.24, 2.45) is 5.92 Å². The van der Waals surface area contributed by atoms with Crippen LogP contribution in [0, 0.1) is 12.8 Å². The molecule has 5 heteroatoms. The van der Waals surface area contributed by atoms with E-state index in [9.17, 15) is 4.79 Å². The Bertz CT molecular complexity index is 731. The van der Waals surface area contributed by atoms with Gasteiger partial charge in [0.2, 0.25) is 0 Å². The van der Waals surface area contributed by atoms with Crippen LogP contribution in [0.3, 0.4) is 0 Å². The SMILES string of the molecule is CCCc1ncncc1C(=O)NCC1CCN(c2ccccc2C)C1. The van der Waals surface area contributed by atoms with Gasteiger partial charge in [-0.2, -0.15) is 0 Å². The first-order chi connectivity index (χ1) is 12.2. The van der Waals surface area contributed by atoms with Crippen molar-refractivity contribution in [1.82, 2.24) is 15.3 Å². The molecule has 2 heterocycles. The second-order valence-corrected chi connectivity index (χ2v) is 6.73. The standard InChI is InChI=1S/C20H26N4O/c1-3-6-18-17(12-21-14-23-18)20(25)22-11-16-9-10-24(13-16)19-8-5-4-7-15(19)2/h4-5,7-8,12,14,16H,3,6,9-11,13H2,1-2H3,(H,22,25). The normalized spacial score (nSPS) is 16.9. The van der Waals surface area contributed by atoms with E-state index in [1.165, 1.54) is 17.6 Å². The van der Waals surface area contributed by atoms with Crippen LogP contribution in [-0.2, 0) is 6.42 Å². The lowest BCUT2D eigenvalue weighted by Gasteiger charge is -2.21. The number of nitrogens with one attached hydrogen (secondary N) is 1. The number of carbonyl (C=O) groups excluding carboxylic acids is 1. The maximum Gasteiger partial charge on any atom is 0.254 e. The predicted octanol–water partition coefficient (Wildman–Crippen LogP) is 2.99. The summed E-state index contributed by atoms with van der Waals surface area (Å²) < 4.78 is 0. The summed E-state index contributed by atoms with van der Waals surface area (Å²) in [5.74, 6) is 0.418. The number of benzene rings is 1. The molecule has 2 aromatic rings. The van der Waals surface area contributed by atoms with Crippen molar-refractivity contribution in [3.63, 3.8) is 0 Å². The molecule has 1 atom stereocenters. The second kappa shape index (κ2) is 8.10. The Balaban J connectivity index is 1.56. The lowest BCUT2D eigenvalue weighted by molar-refractivity contribution is 0.0946. The lowest BCUT2D eigenvalue weighted by atomic mass is 10.1. The molecule has 0 aliphatic carbocycles. The first-order valence-electron chi connectivity index (χ1n) is 9.06. The first-order valence-corrected chi connectivity index (χ1v) is 9.06. The van der Waals surface area contributed by atoms with Crippen LogP contribution in [0.25, 0.3) is 0 Å². The molecule has 0 saturated carbocycles. The van der Waals surface area contributed by atoms with Gasteiger partial charge < -0.3 is 10.2 Å². The van der Waals surface area contributed by atoms with Gasteiger partial charge in [0.05, 0.1) is 11.3 Å². The van der Waals surface area contributed by atoms with Gasteiger partial charge in [0.25, 0.3) is 5.91 Å². The smallest absolute Gasteiger partial charge is 0.254 e. The van der Waals surface area contributed by atoms with Gasteiger partial charge in [-0.25, -0.2) is 9.97 Å². The Kier molecular flexibility index (Phi) is 5.64. The van der Waals surface area contributed by atoms with Crippen molar-refractivity contribution in [2.75, 3.05) is 24.5 Å². The molecule has 3 rings (SSSR count). The molecular weight excluding hydrogens is 312 g/mol. The number of aryl methyl sites for hydroxylation is 2. The minimum absolute atomic E-state index is 0.0570. The summed E-state index contributed by atoms with van der Waals surface area (Å²) in [5.41, 5.74) is 4.05. The van der Waals surface area contributed by atoms with E-state index in [4.69, 9.17) is 0 Å². The van der Waals surface area contributed by atoms with Gasteiger partial charge in [-0.05, 0) is 37.3 Å². The zero-order valence-electron chi connectivity index (χ0n) is 15.0. The van der Waals surface area contributed by atoms with Gasteiger partial charge in [0.15, 0.2) is 0 Å². The molecule has 0 spiro atoms. The van der Waals surface area contributed by atoms with Crippen LogP contribution in [0.4, 0.5) is 5.69 Å². The van der Waals surface area contributed by atoms with E-state index in [0.717, 1.165) is 38.0 Å². The zero-order chi connectivity index (χ0) is 17.6. The first kappa shape index (κ1) is 17.4. The Morgan fingerprint density at radius 1 is 1.36 bits per heavy atom. The molecule has 1 aromatic heterocycles. The lowest BCUT2D eigenvalue weighted by Crippen LogP contribution is -2.32. The largest absolute Gasteiger partial charge is 0.371 e. The van der Waals surface area contributed by atoms with Crippen LogP contribution in [0.2, 0.25) is 0 Å². The maximum atomic E-state index is 12.5. The second-order valence-electron chi connectivity index (χ2n) is 6.73. The molecule has 132 valence electrons. The third-order valence-electron chi connectivity index (χ3n) is 4.82. The number of rotatable bonds is 6. The number of amides is 1. The topological polar surface area (TPSA) is 58.1 Å². The molecular formula is C20H26N4O. The molecule has 1 saturated heterocycles. The molecule has 1 aliphatic heterocycles.